The van der Waals surface area contributed by atoms with E-state index in [9.17, 15) is 9.59 Å². The number of carbonyl (C=O) groups excluding carboxylic acids is 2. The molecule has 1 fully saturated rings. The van der Waals surface area contributed by atoms with Gasteiger partial charge < -0.3 is 24.3 Å². The zero-order valence-corrected chi connectivity index (χ0v) is 14.7. The number of pyridine rings is 1. The van der Waals surface area contributed by atoms with Crippen molar-refractivity contribution in [1.29, 1.82) is 0 Å². The van der Waals surface area contributed by atoms with Gasteiger partial charge in [0, 0.05) is 51.7 Å². The fourth-order valence-electron chi connectivity index (χ4n) is 2.82. The van der Waals surface area contributed by atoms with Crippen molar-refractivity contribution in [2.24, 2.45) is 0 Å². The third-order valence-electron chi connectivity index (χ3n) is 4.23. The molecule has 0 radical (unpaired) electrons. The van der Waals surface area contributed by atoms with Gasteiger partial charge in [-0.3, -0.25) is 14.6 Å². The van der Waals surface area contributed by atoms with E-state index in [0.717, 1.165) is 5.69 Å². The van der Waals surface area contributed by atoms with Gasteiger partial charge >= 0.3 is 0 Å². The minimum atomic E-state index is -0.226. The lowest BCUT2D eigenvalue weighted by molar-refractivity contribution is 0.0714. The van der Waals surface area contributed by atoms with Crippen molar-refractivity contribution in [3.05, 3.63) is 48.2 Å². The van der Waals surface area contributed by atoms with Gasteiger partial charge in [-0.1, -0.05) is 0 Å². The van der Waals surface area contributed by atoms with Crippen LogP contribution in [0.3, 0.4) is 0 Å². The number of hydrogen-bond acceptors (Lipinski definition) is 6. The molecule has 8 heteroatoms. The second kappa shape index (κ2) is 8.48. The highest BCUT2D eigenvalue weighted by molar-refractivity contribution is 5.93. The molecule has 2 aromatic rings. The summed E-state index contributed by atoms with van der Waals surface area (Å²) in [5.41, 5.74) is 1.29. The van der Waals surface area contributed by atoms with Crippen molar-refractivity contribution in [2.75, 3.05) is 51.3 Å². The summed E-state index contributed by atoms with van der Waals surface area (Å²) in [7, 11) is 1.58. The van der Waals surface area contributed by atoms with Crippen LogP contribution >= 0.6 is 0 Å². The molecule has 0 spiro atoms. The number of anilines is 1. The maximum atomic E-state index is 12.3. The van der Waals surface area contributed by atoms with Gasteiger partial charge in [-0.15, -0.1) is 0 Å². The fourth-order valence-corrected chi connectivity index (χ4v) is 2.82. The predicted octanol–water partition coefficient (Wildman–Crippen LogP) is 1.01. The molecule has 0 unspecified atom stereocenters. The summed E-state index contributed by atoms with van der Waals surface area (Å²) in [4.78, 5) is 32.5. The number of nitrogens with zero attached hydrogens (tertiary/aromatic N) is 3. The quantitative estimate of drug-likeness (QED) is 0.776. The molecule has 3 rings (SSSR count). The predicted molar refractivity (Wildman–Crippen MR) is 95.3 cm³/mol. The van der Waals surface area contributed by atoms with E-state index in [0.29, 0.717) is 50.8 Å². The first-order chi connectivity index (χ1) is 12.7. The molecule has 0 bridgehead atoms. The molecule has 0 aromatic carbocycles. The van der Waals surface area contributed by atoms with Gasteiger partial charge in [0.2, 0.25) is 0 Å². The smallest absolute Gasteiger partial charge is 0.289 e. The molecule has 2 amide bonds. The summed E-state index contributed by atoms with van der Waals surface area (Å²) in [6, 6.07) is 7.02. The average Bonchev–Trinajstić information content (AvgIpc) is 3.22. The van der Waals surface area contributed by atoms with E-state index in [1.165, 1.54) is 6.26 Å². The number of nitrogens with one attached hydrogen (secondary N) is 1. The van der Waals surface area contributed by atoms with Crippen LogP contribution in [-0.2, 0) is 4.74 Å². The lowest BCUT2D eigenvalue weighted by Crippen LogP contribution is -2.48. The Morgan fingerprint density at radius 3 is 2.77 bits per heavy atom. The van der Waals surface area contributed by atoms with Crippen LogP contribution in [0.2, 0.25) is 0 Å². The summed E-state index contributed by atoms with van der Waals surface area (Å²) < 4.78 is 10.1. The van der Waals surface area contributed by atoms with E-state index < -0.39 is 0 Å². The molecule has 26 heavy (non-hydrogen) atoms. The molecule has 1 N–H and O–H groups in total. The Labute approximate surface area is 151 Å². The lowest BCUT2D eigenvalue weighted by atomic mass is 10.2. The van der Waals surface area contributed by atoms with E-state index >= 15 is 0 Å². The van der Waals surface area contributed by atoms with Crippen LogP contribution in [0.15, 0.2) is 41.1 Å². The molecule has 0 saturated carbocycles. The Hall–Kier alpha value is -2.87. The molecule has 8 nitrogen and oxygen atoms in total. The summed E-state index contributed by atoms with van der Waals surface area (Å²) in [6.45, 7) is 3.45. The van der Waals surface area contributed by atoms with Gasteiger partial charge in [0.25, 0.3) is 11.8 Å². The number of piperazine rings is 1. The van der Waals surface area contributed by atoms with Crippen LogP contribution in [0.25, 0.3) is 0 Å². The van der Waals surface area contributed by atoms with Crippen molar-refractivity contribution < 1.29 is 18.7 Å². The largest absolute Gasteiger partial charge is 0.459 e. The van der Waals surface area contributed by atoms with Crippen molar-refractivity contribution in [3.63, 3.8) is 0 Å². The Morgan fingerprint density at radius 2 is 2.08 bits per heavy atom. The molecule has 138 valence electrons. The molecule has 1 aliphatic rings. The van der Waals surface area contributed by atoms with Crippen LogP contribution in [-0.4, -0.2) is 68.1 Å². The van der Waals surface area contributed by atoms with E-state index in [2.05, 4.69) is 15.2 Å². The Morgan fingerprint density at radius 1 is 1.27 bits per heavy atom. The third-order valence-corrected chi connectivity index (χ3v) is 4.23. The fraction of sp³-hybridized carbons (Fsp3) is 0.389. The maximum absolute atomic E-state index is 12.3. The third kappa shape index (κ3) is 4.20. The molecule has 0 atom stereocenters. The molecule has 2 aromatic heterocycles. The molecule has 1 saturated heterocycles. The zero-order valence-electron chi connectivity index (χ0n) is 14.7. The van der Waals surface area contributed by atoms with Crippen molar-refractivity contribution in [3.8, 4) is 0 Å². The first-order valence-electron chi connectivity index (χ1n) is 8.50. The summed E-state index contributed by atoms with van der Waals surface area (Å²) in [5.74, 6) is 0.0375. The normalized spacial score (nSPS) is 14.3. The summed E-state index contributed by atoms with van der Waals surface area (Å²) >= 11 is 0. The van der Waals surface area contributed by atoms with E-state index in [1.54, 1.807) is 36.4 Å². The lowest BCUT2D eigenvalue weighted by Gasteiger charge is -2.35. The Kier molecular flexibility index (Phi) is 5.85. The summed E-state index contributed by atoms with van der Waals surface area (Å²) in [5, 5.41) is 2.76. The minimum absolute atomic E-state index is 0.0948. The van der Waals surface area contributed by atoms with Gasteiger partial charge in [-0.05, 0) is 24.3 Å². The number of methoxy groups -OCH3 is 1. The van der Waals surface area contributed by atoms with Crippen molar-refractivity contribution in [1.82, 2.24) is 15.2 Å². The van der Waals surface area contributed by atoms with Crippen molar-refractivity contribution >= 4 is 17.5 Å². The number of aromatic nitrogens is 1. The first-order valence-corrected chi connectivity index (χ1v) is 8.50. The van der Waals surface area contributed by atoms with Crippen molar-refractivity contribution in [2.45, 2.75) is 0 Å². The maximum Gasteiger partial charge on any atom is 0.289 e. The number of furan rings is 1. The molecule has 1 aliphatic heterocycles. The van der Waals surface area contributed by atoms with E-state index in [1.807, 2.05) is 6.07 Å². The second-order valence-corrected chi connectivity index (χ2v) is 5.90. The number of amides is 2. The standard InChI is InChI=1S/C18H22N4O4/c1-25-12-6-20-17(23)15-13-14(4-5-19-15)21-7-9-22(10-8-21)18(24)16-3-2-11-26-16/h2-5,11,13H,6-10,12H2,1H3,(H,20,23). The monoisotopic (exact) mass is 358 g/mol. The van der Waals surface area contributed by atoms with Gasteiger partial charge in [0.1, 0.15) is 5.69 Å². The van der Waals surface area contributed by atoms with Crippen LogP contribution in [0.1, 0.15) is 21.0 Å². The highest BCUT2D eigenvalue weighted by atomic mass is 16.5. The van der Waals surface area contributed by atoms with Gasteiger partial charge in [-0.25, -0.2) is 0 Å². The SMILES string of the molecule is COCCNC(=O)c1cc(N2CCN(C(=O)c3ccco3)CC2)ccn1. The Balaban J connectivity index is 1.58. The highest BCUT2D eigenvalue weighted by Crippen LogP contribution is 2.18. The zero-order chi connectivity index (χ0) is 18.4. The van der Waals surface area contributed by atoms with E-state index in [-0.39, 0.29) is 11.8 Å². The Bertz CT molecular complexity index is 739. The molecule has 3 heterocycles. The van der Waals surface area contributed by atoms with Crippen LogP contribution in [0, 0.1) is 0 Å². The molecular weight excluding hydrogens is 336 g/mol. The van der Waals surface area contributed by atoms with Gasteiger partial charge in [0.05, 0.1) is 12.9 Å². The van der Waals surface area contributed by atoms with Crippen LogP contribution in [0.5, 0.6) is 0 Å². The number of rotatable bonds is 6. The van der Waals surface area contributed by atoms with Gasteiger partial charge in [0.15, 0.2) is 5.76 Å². The molecule has 0 aliphatic carbocycles. The first kappa shape index (κ1) is 17.9. The topological polar surface area (TPSA) is 87.9 Å². The van der Waals surface area contributed by atoms with Crippen LogP contribution in [0.4, 0.5) is 5.69 Å². The highest BCUT2D eigenvalue weighted by Gasteiger charge is 2.24. The number of ether oxygens (including phenoxy) is 1. The number of carbonyl (C=O) groups is 2. The number of hydrogen-bond donors (Lipinski definition) is 1. The average molecular weight is 358 g/mol. The second-order valence-electron chi connectivity index (χ2n) is 5.90. The minimum Gasteiger partial charge on any atom is -0.459 e. The summed E-state index contributed by atoms with van der Waals surface area (Å²) in [6.07, 6.45) is 3.13. The molecular formula is C18H22N4O4. The van der Waals surface area contributed by atoms with Crippen LogP contribution < -0.4 is 10.2 Å². The van der Waals surface area contributed by atoms with E-state index in [4.69, 9.17) is 9.15 Å². The van der Waals surface area contributed by atoms with Gasteiger partial charge in [-0.2, -0.15) is 0 Å².